The average Bonchev–Trinajstić information content (AvgIpc) is 2.45. The van der Waals surface area contributed by atoms with Gasteiger partial charge in [-0.15, -0.1) is 0 Å². The van der Waals surface area contributed by atoms with Crippen LogP contribution in [0.4, 0.5) is 4.39 Å². The van der Waals surface area contributed by atoms with Gasteiger partial charge in [0.1, 0.15) is 17.2 Å². The van der Waals surface area contributed by atoms with Crippen LogP contribution in [0.25, 0.3) is 0 Å². The predicted molar refractivity (Wildman–Crippen MR) is 78.3 cm³/mol. The molecule has 112 valence electrons. The molecule has 0 bridgehead atoms. The summed E-state index contributed by atoms with van der Waals surface area (Å²) < 4.78 is 25.2. The maximum atomic E-state index is 14.3. The molecule has 0 radical (unpaired) electrons. The number of alkyl halides is 1. The summed E-state index contributed by atoms with van der Waals surface area (Å²) >= 11 is 0. The summed E-state index contributed by atoms with van der Waals surface area (Å²) in [5.74, 6) is 1.31. The highest BCUT2D eigenvalue weighted by atomic mass is 19.1. The van der Waals surface area contributed by atoms with Crippen LogP contribution in [-0.4, -0.2) is 20.8 Å². The van der Waals surface area contributed by atoms with Crippen LogP contribution < -0.4 is 14.8 Å². The summed E-state index contributed by atoms with van der Waals surface area (Å²) in [6, 6.07) is 3.94. The van der Waals surface area contributed by atoms with Crippen molar-refractivity contribution >= 4 is 0 Å². The number of nitrogens with one attached hydrogen (secondary N) is 1. The third kappa shape index (κ3) is 3.06. The lowest BCUT2D eigenvalue weighted by Crippen LogP contribution is -2.27. The van der Waals surface area contributed by atoms with Crippen molar-refractivity contribution in [3.8, 4) is 11.5 Å². The van der Waals surface area contributed by atoms with Crippen LogP contribution in [0, 0.1) is 0 Å². The van der Waals surface area contributed by atoms with Gasteiger partial charge in [-0.25, -0.2) is 4.39 Å². The van der Waals surface area contributed by atoms with E-state index in [4.69, 9.17) is 9.47 Å². The molecule has 4 heteroatoms. The fraction of sp³-hybridized carbons (Fsp3) is 0.625. The van der Waals surface area contributed by atoms with E-state index in [1.54, 1.807) is 20.3 Å². The number of hydrogen-bond acceptors (Lipinski definition) is 3. The largest absolute Gasteiger partial charge is 0.496 e. The van der Waals surface area contributed by atoms with Gasteiger partial charge >= 0.3 is 0 Å². The van der Waals surface area contributed by atoms with Crippen molar-refractivity contribution in [2.24, 2.45) is 0 Å². The number of ether oxygens (including phenoxy) is 2. The Morgan fingerprint density at radius 2 is 1.85 bits per heavy atom. The first-order valence-corrected chi connectivity index (χ1v) is 7.16. The molecule has 0 spiro atoms. The van der Waals surface area contributed by atoms with E-state index in [2.05, 4.69) is 5.32 Å². The van der Waals surface area contributed by atoms with E-state index < -0.39 is 5.67 Å². The minimum absolute atomic E-state index is 0.254. The zero-order valence-corrected chi connectivity index (χ0v) is 12.8. The second-order valence-corrected chi connectivity index (χ2v) is 5.77. The Balaban J connectivity index is 2.46. The van der Waals surface area contributed by atoms with Gasteiger partial charge in [0.05, 0.1) is 14.2 Å². The lowest BCUT2D eigenvalue weighted by atomic mass is 9.91. The molecule has 20 heavy (non-hydrogen) atoms. The van der Waals surface area contributed by atoms with Gasteiger partial charge in [0, 0.05) is 17.2 Å². The van der Waals surface area contributed by atoms with E-state index in [0.717, 1.165) is 24.3 Å². The van der Waals surface area contributed by atoms with Gasteiger partial charge in [0.25, 0.3) is 0 Å². The van der Waals surface area contributed by atoms with E-state index >= 15 is 0 Å². The van der Waals surface area contributed by atoms with Crippen molar-refractivity contribution in [2.75, 3.05) is 20.8 Å². The van der Waals surface area contributed by atoms with Gasteiger partial charge in [-0.05, 0) is 45.4 Å². The normalized spacial score (nSPS) is 19.8. The maximum absolute atomic E-state index is 14.3. The Hall–Kier alpha value is -1.29. The lowest BCUT2D eigenvalue weighted by molar-refractivity contribution is 0.212. The van der Waals surface area contributed by atoms with Crippen molar-refractivity contribution < 1.29 is 13.9 Å². The van der Waals surface area contributed by atoms with Gasteiger partial charge < -0.3 is 14.8 Å². The Kier molecular flexibility index (Phi) is 4.53. The molecule has 1 aliphatic heterocycles. The quantitative estimate of drug-likeness (QED) is 0.912. The molecular weight excluding hydrogens is 257 g/mol. The molecular formula is C16H24FNO2. The third-order valence-corrected chi connectivity index (χ3v) is 3.88. The fourth-order valence-electron chi connectivity index (χ4n) is 2.78. The summed E-state index contributed by atoms with van der Waals surface area (Å²) in [5, 5.41) is 3.49. The van der Waals surface area contributed by atoms with E-state index in [-0.39, 0.29) is 6.04 Å². The van der Waals surface area contributed by atoms with Crippen LogP contribution in [0.5, 0.6) is 11.5 Å². The molecule has 0 saturated carbocycles. The highest BCUT2D eigenvalue weighted by Crippen LogP contribution is 2.40. The minimum atomic E-state index is -1.46. The molecule has 1 heterocycles. The van der Waals surface area contributed by atoms with Crippen molar-refractivity contribution in [1.82, 2.24) is 5.32 Å². The highest BCUT2D eigenvalue weighted by molar-refractivity contribution is 5.50. The number of halogens is 1. The van der Waals surface area contributed by atoms with Crippen LogP contribution in [0.3, 0.4) is 0 Å². The van der Waals surface area contributed by atoms with E-state index in [0.29, 0.717) is 11.3 Å². The fourth-order valence-corrected chi connectivity index (χ4v) is 2.78. The van der Waals surface area contributed by atoms with E-state index in [1.165, 1.54) is 26.7 Å². The first-order valence-electron chi connectivity index (χ1n) is 7.16. The predicted octanol–water partition coefficient (Wildman–Crippen LogP) is 3.72. The number of hydrogen-bond donors (Lipinski definition) is 1. The van der Waals surface area contributed by atoms with E-state index in [9.17, 15) is 4.39 Å². The van der Waals surface area contributed by atoms with Gasteiger partial charge in [-0.1, -0.05) is 6.42 Å². The van der Waals surface area contributed by atoms with Crippen molar-refractivity contribution in [1.29, 1.82) is 0 Å². The molecule has 0 amide bonds. The highest BCUT2D eigenvalue weighted by Gasteiger charge is 2.28. The molecule has 1 fully saturated rings. The molecule has 1 N–H and O–H groups in total. The molecule has 1 atom stereocenters. The molecule has 2 rings (SSSR count). The SMILES string of the molecule is COc1cc(C(C)(C)F)c(OC)cc1C1CCCCN1. The van der Waals surface area contributed by atoms with Gasteiger partial charge in [0.15, 0.2) is 0 Å². The Labute approximate surface area is 120 Å². The van der Waals surface area contributed by atoms with E-state index in [1.807, 2.05) is 6.07 Å². The second kappa shape index (κ2) is 6.00. The molecule has 1 aromatic carbocycles. The topological polar surface area (TPSA) is 30.5 Å². The maximum Gasteiger partial charge on any atom is 0.134 e. The molecule has 1 saturated heterocycles. The number of piperidine rings is 1. The molecule has 1 aliphatic rings. The van der Waals surface area contributed by atoms with Crippen LogP contribution >= 0.6 is 0 Å². The Bertz CT molecular complexity index is 462. The first kappa shape index (κ1) is 15.1. The summed E-state index contributed by atoms with van der Waals surface area (Å²) in [6.45, 7) is 4.07. The summed E-state index contributed by atoms with van der Waals surface area (Å²) in [6.07, 6.45) is 3.46. The number of methoxy groups -OCH3 is 2. The van der Waals surface area contributed by atoms with Gasteiger partial charge in [-0.3, -0.25) is 0 Å². The summed E-state index contributed by atoms with van der Waals surface area (Å²) in [7, 11) is 3.21. The first-order chi connectivity index (χ1) is 9.47. The lowest BCUT2D eigenvalue weighted by Gasteiger charge is -2.27. The number of rotatable bonds is 4. The van der Waals surface area contributed by atoms with Crippen molar-refractivity contribution in [3.63, 3.8) is 0 Å². The zero-order valence-electron chi connectivity index (χ0n) is 12.8. The molecule has 1 unspecified atom stereocenters. The number of benzene rings is 1. The summed E-state index contributed by atoms with van der Waals surface area (Å²) in [5.41, 5.74) is 0.116. The standard InChI is InChI=1S/C16H24FNO2/c1-16(2,17)12-10-14(19-3)11(9-15(12)20-4)13-7-5-6-8-18-13/h9-10,13,18H,5-8H2,1-4H3. The third-order valence-electron chi connectivity index (χ3n) is 3.88. The second-order valence-electron chi connectivity index (χ2n) is 5.77. The van der Waals surface area contributed by atoms with Crippen molar-refractivity contribution in [3.05, 3.63) is 23.3 Å². The smallest absolute Gasteiger partial charge is 0.134 e. The van der Waals surface area contributed by atoms with Gasteiger partial charge in [-0.2, -0.15) is 0 Å². The van der Waals surface area contributed by atoms with Crippen LogP contribution in [0.2, 0.25) is 0 Å². The molecule has 0 aliphatic carbocycles. The van der Waals surface area contributed by atoms with Crippen LogP contribution in [0.1, 0.15) is 50.3 Å². The zero-order chi connectivity index (χ0) is 14.8. The molecule has 0 aromatic heterocycles. The minimum Gasteiger partial charge on any atom is -0.496 e. The Morgan fingerprint density at radius 1 is 1.15 bits per heavy atom. The molecule has 3 nitrogen and oxygen atoms in total. The monoisotopic (exact) mass is 281 g/mol. The molecule has 1 aromatic rings. The van der Waals surface area contributed by atoms with Crippen LogP contribution in [-0.2, 0) is 5.67 Å². The van der Waals surface area contributed by atoms with Crippen molar-refractivity contribution in [2.45, 2.75) is 44.8 Å². The Morgan fingerprint density at radius 3 is 2.35 bits per heavy atom. The summed E-state index contributed by atoms with van der Waals surface area (Å²) in [4.78, 5) is 0. The average molecular weight is 281 g/mol. The van der Waals surface area contributed by atoms with Gasteiger partial charge in [0.2, 0.25) is 0 Å². The van der Waals surface area contributed by atoms with Crippen LogP contribution in [0.15, 0.2) is 12.1 Å².